The van der Waals surface area contributed by atoms with E-state index in [1.54, 1.807) is 0 Å². The van der Waals surface area contributed by atoms with Gasteiger partial charge < -0.3 is 34.5 Å². The van der Waals surface area contributed by atoms with Gasteiger partial charge in [-0.15, -0.1) is 0 Å². The van der Waals surface area contributed by atoms with Crippen molar-refractivity contribution < 1.29 is 65.8 Å². The Kier molecular flexibility index (Phi) is 7.57. The molecule has 1 saturated heterocycles. The molecule has 1 aromatic rings. The van der Waals surface area contributed by atoms with E-state index in [0.29, 0.717) is 4.57 Å². The van der Waals surface area contributed by atoms with Crippen molar-refractivity contribution in [2.45, 2.75) is 30.5 Å². The molecule has 32 heavy (non-hydrogen) atoms. The minimum atomic E-state index is -5.86. The van der Waals surface area contributed by atoms with E-state index in [1.807, 2.05) is 4.98 Å². The van der Waals surface area contributed by atoms with Crippen LogP contribution in [-0.2, 0) is 26.8 Å². The highest BCUT2D eigenvalue weighted by molar-refractivity contribution is 7.66. The third-order valence-corrected chi connectivity index (χ3v) is 7.99. The Labute approximate surface area is 176 Å². The summed E-state index contributed by atoms with van der Waals surface area (Å²) in [6, 6.07) is 0.862. The lowest BCUT2D eigenvalue weighted by Crippen LogP contribution is -2.53. The second kappa shape index (κ2) is 8.92. The Hall–Kier alpha value is -1.10. The van der Waals surface area contributed by atoms with Crippen LogP contribution in [-0.4, -0.2) is 74.7 Å². The molecule has 0 bridgehead atoms. The van der Waals surface area contributed by atoms with Crippen molar-refractivity contribution in [1.82, 2.24) is 9.55 Å². The molecule has 0 aromatic carbocycles. The topological polar surface area (TPSA) is 268 Å². The lowest BCUT2D eigenvalue weighted by Gasteiger charge is -2.26. The Morgan fingerprint density at radius 2 is 1.78 bits per heavy atom. The number of aliphatic hydroxyl groups is 4. The predicted molar refractivity (Wildman–Crippen MR) is 97.7 cm³/mol. The SMILES string of the molecule is C[C@@]1(O)[C@H](O)[C@@](CF)(COP(=O)(O)OP(=O)(O)OP(=O)(O)O)[OH+][C@H]1n1ccc(=O)[nH]c1=O. The molecule has 1 aliphatic rings. The highest BCUT2D eigenvalue weighted by atomic mass is 31.3. The number of nitrogens with zero attached hydrogens (tertiary/aromatic N) is 1. The average molecular weight is 531 g/mol. The van der Waals surface area contributed by atoms with Crippen LogP contribution in [0.5, 0.6) is 0 Å². The van der Waals surface area contributed by atoms with Crippen molar-refractivity contribution in [1.29, 1.82) is 0 Å². The Balaban J connectivity index is 2.28. The normalized spacial score (nSPS) is 32.4. The van der Waals surface area contributed by atoms with E-state index in [2.05, 4.69) is 17.9 Å². The number of H-pyrrole nitrogens is 1. The molecule has 21 heteroatoms. The third kappa shape index (κ3) is 6.07. The van der Waals surface area contributed by atoms with Crippen LogP contribution in [0.1, 0.15) is 13.2 Å². The van der Waals surface area contributed by atoms with Crippen LogP contribution in [0.15, 0.2) is 21.9 Å². The number of hydrogen-bond acceptors (Lipinski definition) is 10. The summed E-state index contributed by atoms with van der Waals surface area (Å²) in [4.78, 5) is 60.7. The molecular formula is C11H19FN2O15P3+. The molecule has 2 unspecified atom stereocenters. The lowest BCUT2D eigenvalue weighted by atomic mass is 9.88. The highest BCUT2D eigenvalue weighted by Crippen LogP contribution is 2.66. The maximum atomic E-state index is 13.9. The zero-order valence-corrected chi connectivity index (χ0v) is 18.5. The van der Waals surface area contributed by atoms with Gasteiger partial charge in [0.1, 0.15) is 6.61 Å². The smallest absolute Gasteiger partial charge is 0.402 e. The Bertz CT molecular complexity index is 1110. The zero-order chi connectivity index (χ0) is 24.8. The first-order valence-corrected chi connectivity index (χ1v) is 12.6. The van der Waals surface area contributed by atoms with Gasteiger partial charge in [-0.25, -0.2) is 27.4 Å². The van der Waals surface area contributed by atoms with E-state index in [0.717, 1.165) is 19.2 Å². The number of ether oxygens (including phenoxy) is 1. The van der Waals surface area contributed by atoms with E-state index in [4.69, 9.17) is 14.7 Å². The van der Waals surface area contributed by atoms with Crippen LogP contribution in [0.25, 0.3) is 0 Å². The monoisotopic (exact) mass is 531 g/mol. The lowest BCUT2D eigenvalue weighted by molar-refractivity contribution is -0.254. The summed E-state index contributed by atoms with van der Waals surface area (Å²) in [6.07, 6.45) is -3.05. The number of hydrogen-bond donors (Lipinski definition) is 7. The van der Waals surface area contributed by atoms with Gasteiger partial charge in [0.2, 0.25) is 5.60 Å². The number of phosphoric ester groups is 1. The molecule has 1 aliphatic heterocycles. The van der Waals surface area contributed by atoms with Crippen LogP contribution in [0, 0.1) is 0 Å². The van der Waals surface area contributed by atoms with Gasteiger partial charge in [0.25, 0.3) is 11.8 Å². The first kappa shape index (κ1) is 27.1. The molecule has 1 aromatic heterocycles. The summed E-state index contributed by atoms with van der Waals surface area (Å²) >= 11 is 0. The van der Waals surface area contributed by atoms with Crippen molar-refractivity contribution in [3.63, 3.8) is 0 Å². The average Bonchev–Trinajstić information content (AvgIpc) is 2.78. The summed E-state index contributed by atoms with van der Waals surface area (Å²) in [5.41, 5.74) is -6.84. The fourth-order valence-electron chi connectivity index (χ4n) is 2.85. The van der Waals surface area contributed by atoms with Gasteiger partial charge in [-0.05, 0) is 6.92 Å². The molecule has 0 amide bonds. The molecule has 1 fully saturated rings. The van der Waals surface area contributed by atoms with Gasteiger partial charge in [-0.1, -0.05) is 0 Å². The second-order valence-electron chi connectivity index (χ2n) is 6.75. The number of alkyl halides is 1. The van der Waals surface area contributed by atoms with Gasteiger partial charge >= 0.3 is 29.2 Å². The van der Waals surface area contributed by atoms with Crippen molar-refractivity contribution in [2.75, 3.05) is 13.3 Å². The first-order valence-electron chi connectivity index (χ1n) is 8.12. The molecule has 2 rings (SSSR count). The maximum absolute atomic E-state index is 13.9. The van der Waals surface area contributed by atoms with Crippen molar-refractivity contribution >= 4 is 23.5 Å². The summed E-state index contributed by atoms with van der Waals surface area (Å²) in [6.45, 7) is -2.11. The molecule has 2 heterocycles. The van der Waals surface area contributed by atoms with Crippen LogP contribution >= 0.6 is 23.5 Å². The molecule has 0 saturated carbocycles. The summed E-state index contributed by atoms with van der Waals surface area (Å²) < 4.78 is 63.5. The number of aromatic nitrogens is 2. The fraction of sp³-hybridized carbons (Fsp3) is 0.636. The number of aromatic amines is 1. The van der Waals surface area contributed by atoms with Crippen molar-refractivity contribution in [3.8, 4) is 0 Å². The Morgan fingerprint density at radius 3 is 2.28 bits per heavy atom. The number of phosphoric acid groups is 3. The minimum absolute atomic E-state index is 0.632. The summed E-state index contributed by atoms with van der Waals surface area (Å²) in [5, 5.41) is 21.0. The first-order chi connectivity index (χ1) is 14.3. The third-order valence-electron chi connectivity index (χ3n) is 4.20. The fourth-order valence-corrected chi connectivity index (χ4v) is 5.93. The molecular weight excluding hydrogens is 512 g/mol. The molecule has 0 aliphatic carbocycles. The van der Waals surface area contributed by atoms with Crippen LogP contribution < -0.4 is 11.2 Å². The number of aliphatic hydroxyl groups excluding tert-OH is 1. The van der Waals surface area contributed by atoms with E-state index in [1.165, 1.54) is 0 Å². The summed E-state index contributed by atoms with van der Waals surface area (Å²) in [7, 11) is -17.2. The highest BCUT2D eigenvalue weighted by Gasteiger charge is 2.68. The number of rotatable bonds is 9. The van der Waals surface area contributed by atoms with Gasteiger partial charge in [-0.3, -0.25) is 14.3 Å². The van der Waals surface area contributed by atoms with Crippen LogP contribution in [0.2, 0.25) is 0 Å². The van der Waals surface area contributed by atoms with Crippen LogP contribution in [0.3, 0.4) is 0 Å². The van der Waals surface area contributed by atoms with E-state index < -0.39 is 71.5 Å². The molecule has 6 atom stereocenters. The zero-order valence-electron chi connectivity index (χ0n) is 15.8. The van der Waals surface area contributed by atoms with Gasteiger partial charge in [-0.2, -0.15) is 8.62 Å². The second-order valence-corrected chi connectivity index (χ2v) is 11.2. The molecule has 17 nitrogen and oxygen atoms in total. The summed E-state index contributed by atoms with van der Waals surface area (Å²) in [5.74, 6) is 0. The predicted octanol–water partition coefficient (Wildman–Crippen LogP) is -2.26. The number of nitrogens with one attached hydrogen (secondary N) is 1. The van der Waals surface area contributed by atoms with Gasteiger partial charge in [0, 0.05) is 12.3 Å². The van der Waals surface area contributed by atoms with E-state index in [9.17, 15) is 42.8 Å². The Morgan fingerprint density at radius 1 is 1.19 bits per heavy atom. The molecule has 0 radical (unpaired) electrons. The van der Waals surface area contributed by atoms with Crippen LogP contribution in [0.4, 0.5) is 4.39 Å². The minimum Gasteiger partial charge on any atom is -0.402 e. The maximum Gasteiger partial charge on any atom is 0.490 e. The van der Waals surface area contributed by atoms with Gasteiger partial charge in [0.15, 0.2) is 18.4 Å². The molecule has 184 valence electrons. The van der Waals surface area contributed by atoms with E-state index >= 15 is 0 Å². The van der Waals surface area contributed by atoms with Crippen molar-refractivity contribution in [3.05, 3.63) is 33.1 Å². The molecule has 8 N–H and O–H groups in total. The van der Waals surface area contributed by atoms with Crippen molar-refractivity contribution in [2.24, 2.45) is 0 Å². The standard InChI is InChI=1S/C11H18FN2O15P3/c1-10(18)7(16)11(4-12,27-8(10)14-3-2-6(15)13-9(14)17)5-26-31(22,23)29-32(24,25)28-30(19,20)21/h2-3,7-8,16,18H,4-5H2,1H3,(H,22,23)(H,24,25)(H,13,15,17)(H2,19,20,21)/p+1/t7-,8+,10+,11+/m0/s1. The van der Waals surface area contributed by atoms with E-state index in [-0.39, 0.29) is 0 Å². The molecule has 0 spiro atoms. The number of halogens is 1. The largest absolute Gasteiger partial charge is 0.490 e. The quantitative estimate of drug-likeness (QED) is 0.131. The van der Waals surface area contributed by atoms with Gasteiger partial charge in [0.05, 0.1) is 0 Å².